The van der Waals surface area contributed by atoms with Gasteiger partial charge in [0.1, 0.15) is 5.75 Å². The average molecular weight is 420 g/mol. The van der Waals surface area contributed by atoms with Gasteiger partial charge in [0.15, 0.2) is 0 Å². The van der Waals surface area contributed by atoms with Crippen molar-refractivity contribution in [3.05, 3.63) is 41.5 Å². The number of benzene rings is 1. The predicted octanol–water partition coefficient (Wildman–Crippen LogP) is 4.04. The monoisotopic (exact) mass is 419 g/mol. The Balaban J connectivity index is 1.60. The van der Waals surface area contributed by atoms with Crippen molar-refractivity contribution in [1.82, 2.24) is 4.31 Å². The van der Waals surface area contributed by atoms with Crippen LogP contribution in [-0.2, 0) is 16.7 Å². The first-order valence-corrected chi connectivity index (χ1v) is 12.3. The zero-order valence-corrected chi connectivity index (χ0v) is 18.5. The normalized spacial score (nSPS) is 33.9. The smallest absolute Gasteiger partial charge is 0.385 e. The van der Waals surface area contributed by atoms with Crippen molar-refractivity contribution in [2.45, 2.75) is 64.9 Å². The first-order valence-electron chi connectivity index (χ1n) is 10.9. The summed E-state index contributed by atoms with van der Waals surface area (Å²) in [5.41, 5.74) is 3.69. The zero-order chi connectivity index (χ0) is 21.0. The SMILES string of the molecule is C=C1C[C@H](O)[C@@]2(C)CCC3c4ccc(OS(=O)(=O)N(CC)CC)cc4CCC3[C@H]12. The van der Waals surface area contributed by atoms with Crippen LogP contribution >= 0.6 is 0 Å². The molecule has 4 rings (SSSR count). The lowest BCUT2D eigenvalue weighted by molar-refractivity contribution is -0.0178. The molecule has 0 amide bonds. The maximum absolute atomic E-state index is 12.5. The van der Waals surface area contributed by atoms with Crippen LogP contribution in [0.25, 0.3) is 0 Å². The van der Waals surface area contributed by atoms with Crippen LogP contribution in [0.1, 0.15) is 63.5 Å². The van der Waals surface area contributed by atoms with Crippen LogP contribution in [0.15, 0.2) is 30.4 Å². The highest BCUT2D eigenvalue weighted by Crippen LogP contribution is 2.62. The molecule has 1 aromatic rings. The van der Waals surface area contributed by atoms with Gasteiger partial charge in [0.2, 0.25) is 0 Å². The molecule has 6 heteroatoms. The third-order valence-corrected chi connectivity index (χ3v) is 9.34. The summed E-state index contributed by atoms with van der Waals surface area (Å²) in [6.45, 7) is 11.0. The molecule has 5 nitrogen and oxygen atoms in total. The summed E-state index contributed by atoms with van der Waals surface area (Å²) in [6, 6.07) is 5.78. The molecule has 0 bridgehead atoms. The van der Waals surface area contributed by atoms with Crippen LogP contribution in [0.5, 0.6) is 5.75 Å². The molecule has 3 aliphatic rings. The van der Waals surface area contributed by atoms with E-state index in [1.165, 1.54) is 21.0 Å². The maximum Gasteiger partial charge on any atom is 0.385 e. The molecule has 0 saturated heterocycles. The summed E-state index contributed by atoms with van der Waals surface area (Å²) in [6.07, 6.45) is 4.49. The van der Waals surface area contributed by atoms with Crippen molar-refractivity contribution in [1.29, 1.82) is 0 Å². The Bertz CT molecular complexity index is 907. The molecule has 2 fully saturated rings. The van der Waals surface area contributed by atoms with Gasteiger partial charge in [-0.15, -0.1) is 0 Å². The van der Waals surface area contributed by atoms with Crippen molar-refractivity contribution in [3.8, 4) is 5.75 Å². The van der Waals surface area contributed by atoms with E-state index in [2.05, 4.69) is 19.6 Å². The van der Waals surface area contributed by atoms with E-state index in [4.69, 9.17) is 4.18 Å². The van der Waals surface area contributed by atoms with Gasteiger partial charge in [0.05, 0.1) is 6.10 Å². The van der Waals surface area contributed by atoms with E-state index in [-0.39, 0.29) is 11.5 Å². The molecule has 0 heterocycles. The Morgan fingerprint density at radius 2 is 2.00 bits per heavy atom. The highest BCUT2D eigenvalue weighted by molar-refractivity contribution is 7.84. The minimum absolute atomic E-state index is 0.0450. The van der Waals surface area contributed by atoms with Gasteiger partial charge in [0, 0.05) is 18.5 Å². The van der Waals surface area contributed by atoms with Crippen molar-refractivity contribution in [3.63, 3.8) is 0 Å². The molecule has 2 unspecified atom stereocenters. The quantitative estimate of drug-likeness (QED) is 0.732. The lowest BCUT2D eigenvalue weighted by Gasteiger charge is -2.50. The minimum Gasteiger partial charge on any atom is -0.392 e. The summed E-state index contributed by atoms with van der Waals surface area (Å²) in [5, 5.41) is 10.6. The van der Waals surface area contributed by atoms with Crippen LogP contribution in [0.3, 0.4) is 0 Å². The van der Waals surface area contributed by atoms with E-state index in [1.54, 1.807) is 6.07 Å². The molecule has 0 aromatic heterocycles. The topological polar surface area (TPSA) is 66.8 Å². The molecule has 2 saturated carbocycles. The molecule has 1 N–H and O–H groups in total. The Hall–Kier alpha value is -1.37. The Labute approximate surface area is 175 Å². The van der Waals surface area contributed by atoms with Gasteiger partial charge in [-0.1, -0.05) is 39.0 Å². The predicted molar refractivity (Wildman–Crippen MR) is 114 cm³/mol. The molecular weight excluding hydrogens is 386 g/mol. The molecule has 160 valence electrons. The van der Waals surface area contributed by atoms with Gasteiger partial charge in [-0.2, -0.15) is 12.7 Å². The van der Waals surface area contributed by atoms with Crippen LogP contribution in [0.2, 0.25) is 0 Å². The molecule has 1 aromatic carbocycles. The van der Waals surface area contributed by atoms with Gasteiger partial charge < -0.3 is 9.29 Å². The van der Waals surface area contributed by atoms with Crippen molar-refractivity contribution >= 4 is 10.3 Å². The van der Waals surface area contributed by atoms with E-state index < -0.39 is 10.3 Å². The highest BCUT2D eigenvalue weighted by atomic mass is 32.2. The van der Waals surface area contributed by atoms with E-state index >= 15 is 0 Å². The largest absolute Gasteiger partial charge is 0.392 e. The molecule has 3 aliphatic carbocycles. The standard InChI is InChI=1S/C23H33NO4S/c1-5-24(6-2)29(26,27)28-17-8-10-18-16(14-17)7-9-20-19(18)11-12-23(4)21(25)13-15(3)22(20)23/h8,10,14,19-22,25H,3,5-7,9,11-13H2,1-2,4H3/t19?,20?,21-,22-,23+/m0/s1. The minimum atomic E-state index is -3.76. The van der Waals surface area contributed by atoms with E-state index in [0.717, 1.165) is 32.1 Å². The second-order valence-electron chi connectivity index (χ2n) is 9.20. The number of aliphatic hydroxyl groups is 1. The third-order valence-electron chi connectivity index (χ3n) is 7.79. The Kier molecular flexibility index (Phi) is 5.33. The summed E-state index contributed by atoms with van der Waals surface area (Å²) >= 11 is 0. The zero-order valence-electron chi connectivity index (χ0n) is 17.7. The molecule has 0 radical (unpaired) electrons. The van der Waals surface area contributed by atoms with E-state index in [0.29, 0.717) is 36.6 Å². The number of hydrogen-bond acceptors (Lipinski definition) is 4. The van der Waals surface area contributed by atoms with Crippen molar-refractivity contribution in [2.24, 2.45) is 17.3 Å². The van der Waals surface area contributed by atoms with Gasteiger partial charge >= 0.3 is 10.3 Å². The molecular formula is C23H33NO4S. The number of nitrogens with zero attached hydrogens (tertiary/aromatic N) is 1. The summed E-state index contributed by atoms with van der Waals surface area (Å²) in [7, 11) is -3.76. The molecule has 0 aliphatic heterocycles. The lowest BCUT2D eigenvalue weighted by atomic mass is 9.55. The fraction of sp³-hybridized carbons (Fsp3) is 0.652. The summed E-state index contributed by atoms with van der Waals surface area (Å²) in [5.74, 6) is 1.74. The van der Waals surface area contributed by atoms with Gasteiger partial charge in [-0.05, 0) is 73.1 Å². The van der Waals surface area contributed by atoms with Crippen molar-refractivity contribution in [2.75, 3.05) is 13.1 Å². The first-order chi connectivity index (χ1) is 13.7. The van der Waals surface area contributed by atoms with Crippen LogP contribution in [-0.4, -0.2) is 37.0 Å². The van der Waals surface area contributed by atoms with Crippen LogP contribution in [0, 0.1) is 17.3 Å². The van der Waals surface area contributed by atoms with Crippen molar-refractivity contribution < 1.29 is 17.7 Å². The Morgan fingerprint density at radius 3 is 2.69 bits per heavy atom. The number of aliphatic hydroxyl groups excluding tert-OH is 1. The second-order valence-corrected chi connectivity index (χ2v) is 10.7. The van der Waals surface area contributed by atoms with Crippen LogP contribution in [0.4, 0.5) is 0 Å². The molecule has 29 heavy (non-hydrogen) atoms. The Morgan fingerprint density at radius 1 is 1.28 bits per heavy atom. The fourth-order valence-corrected chi connectivity index (χ4v) is 7.40. The lowest BCUT2D eigenvalue weighted by Crippen LogP contribution is -2.44. The average Bonchev–Trinajstić information content (AvgIpc) is 2.90. The number of hydrogen-bond donors (Lipinski definition) is 1. The maximum atomic E-state index is 12.5. The van der Waals surface area contributed by atoms with E-state index in [1.807, 2.05) is 19.9 Å². The summed E-state index contributed by atoms with van der Waals surface area (Å²) in [4.78, 5) is 0. The van der Waals surface area contributed by atoms with Crippen LogP contribution < -0.4 is 4.18 Å². The summed E-state index contributed by atoms with van der Waals surface area (Å²) < 4.78 is 31.6. The highest BCUT2D eigenvalue weighted by Gasteiger charge is 2.56. The van der Waals surface area contributed by atoms with Gasteiger partial charge in [0.25, 0.3) is 0 Å². The second kappa shape index (κ2) is 7.40. The number of fused-ring (bicyclic) bond motifs is 5. The number of rotatable bonds is 5. The third kappa shape index (κ3) is 3.33. The van der Waals surface area contributed by atoms with E-state index in [9.17, 15) is 13.5 Å². The fourth-order valence-electron chi connectivity index (χ4n) is 6.31. The molecule has 5 atom stereocenters. The van der Waals surface area contributed by atoms with Gasteiger partial charge in [-0.25, -0.2) is 0 Å². The molecule has 0 spiro atoms. The number of aryl methyl sites for hydroxylation is 1. The first kappa shape index (κ1) is 20.9. The van der Waals surface area contributed by atoms with Gasteiger partial charge in [-0.3, -0.25) is 0 Å².